The summed E-state index contributed by atoms with van der Waals surface area (Å²) in [5.74, 6) is 1.23. The number of amides is 3. The lowest BCUT2D eigenvalue weighted by atomic mass is 10.0. The van der Waals surface area contributed by atoms with Crippen molar-refractivity contribution < 1.29 is 19.1 Å². The number of fused-ring (bicyclic) bond motifs is 1. The van der Waals surface area contributed by atoms with Gasteiger partial charge in [0.05, 0.1) is 31.6 Å². The second kappa shape index (κ2) is 19.1. The number of methoxy groups -OCH3 is 1. The first-order valence-electron chi connectivity index (χ1n) is 17.5. The Hall–Kier alpha value is -5.90. The predicted molar refractivity (Wildman–Crippen MR) is 215 cm³/mol. The molecule has 10 heteroatoms. The molecular formula is C43H44ClN5O4. The van der Waals surface area contributed by atoms with E-state index in [2.05, 4.69) is 29.6 Å². The maximum absolute atomic E-state index is 14.5. The highest BCUT2D eigenvalue weighted by atomic mass is 35.5. The fourth-order valence-corrected chi connectivity index (χ4v) is 5.87. The molecule has 0 spiro atoms. The minimum absolute atomic E-state index is 0. The van der Waals surface area contributed by atoms with Gasteiger partial charge in [-0.25, -0.2) is 9.80 Å². The summed E-state index contributed by atoms with van der Waals surface area (Å²) < 4.78 is 11.1. The number of nitrogens with one attached hydrogen (secondary N) is 1. The Morgan fingerprint density at radius 1 is 0.811 bits per heavy atom. The molecule has 5 aromatic rings. The van der Waals surface area contributed by atoms with Gasteiger partial charge in [-0.1, -0.05) is 91.0 Å². The van der Waals surface area contributed by atoms with Gasteiger partial charge in [-0.15, -0.1) is 12.4 Å². The third-order valence-electron chi connectivity index (χ3n) is 8.68. The Labute approximate surface area is 317 Å². The largest absolute Gasteiger partial charge is 0.497 e. The molecule has 3 N–H and O–H groups in total. The Morgan fingerprint density at radius 3 is 2.21 bits per heavy atom. The molecule has 0 saturated carbocycles. The lowest BCUT2D eigenvalue weighted by Gasteiger charge is -2.27. The molecule has 9 nitrogen and oxygen atoms in total. The molecule has 272 valence electrons. The number of anilines is 1. The fourth-order valence-electron chi connectivity index (χ4n) is 5.87. The smallest absolute Gasteiger partial charge is 0.345 e. The molecule has 0 atom stereocenters. The lowest BCUT2D eigenvalue weighted by Crippen LogP contribution is -2.40. The van der Waals surface area contributed by atoms with Crippen LogP contribution in [0.2, 0.25) is 0 Å². The summed E-state index contributed by atoms with van der Waals surface area (Å²) in [6.45, 7) is 1.81. The molecule has 1 aliphatic rings. The van der Waals surface area contributed by atoms with Crippen LogP contribution in [-0.2, 0) is 6.54 Å². The van der Waals surface area contributed by atoms with E-state index in [-0.39, 0.29) is 30.9 Å². The van der Waals surface area contributed by atoms with Crippen LogP contribution in [0.5, 0.6) is 11.5 Å². The average Bonchev–Trinajstić information content (AvgIpc) is 3.30. The van der Waals surface area contributed by atoms with Crippen LogP contribution in [0.3, 0.4) is 0 Å². The zero-order valence-electron chi connectivity index (χ0n) is 29.7. The van der Waals surface area contributed by atoms with Crippen LogP contribution in [0, 0.1) is 0 Å². The van der Waals surface area contributed by atoms with E-state index in [9.17, 15) is 9.59 Å². The van der Waals surface area contributed by atoms with Crippen molar-refractivity contribution in [1.82, 2.24) is 10.3 Å². The SMILES string of the molecule is COc1ccc(/C=C/C2=NN(CCCCN)C(=O)N(Cc3ccc(-c4ccccc4)cc3)c3cc(C(=O)NCCOc4ccccc4)ccc32)cc1.Cl. The normalized spacial score (nSPS) is 12.4. The maximum atomic E-state index is 14.5. The van der Waals surface area contributed by atoms with Crippen LogP contribution >= 0.6 is 12.4 Å². The van der Waals surface area contributed by atoms with Gasteiger partial charge in [0, 0.05) is 17.7 Å². The van der Waals surface area contributed by atoms with E-state index in [0.29, 0.717) is 49.6 Å². The van der Waals surface area contributed by atoms with Crippen molar-refractivity contribution in [1.29, 1.82) is 0 Å². The van der Waals surface area contributed by atoms with Crippen molar-refractivity contribution in [2.75, 3.05) is 38.3 Å². The number of allylic oxidation sites excluding steroid dienone is 1. The number of nitrogens with zero attached hydrogens (tertiary/aromatic N) is 3. The standard InChI is InChI=1S/C43H43N5O4.ClH/c1-51-37-22-16-32(17-23-37)18-25-40-39-24-21-36(42(49)45-27-29-52-38-12-6-3-7-13-38)30-41(39)47(43(50)48(46-40)28-9-8-26-44)31-33-14-19-35(20-15-33)34-10-4-2-5-11-34;/h2-7,10-25,30H,8-9,26-29,31,44H2,1H3,(H,45,49);1H/b25-18+;. The zero-order valence-corrected chi connectivity index (χ0v) is 30.5. The minimum Gasteiger partial charge on any atom is -0.497 e. The lowest BCUT2D eigenvalue weighted by molar-refractivity contribution is 0.0947. The van der Waals surface area contributed by atoms with Crippen LogP contribution < -0.4 is 25.4 Å². The second-order valence-corrected chi connectivity index (χ2v) is 12.3. The molecule has 1 aliphatic heterocycles. The van der Waals surface area contributed by atoms with E-state index in [4.69, 9.17) is 20.3 Å². The highest BCUT2D eigenvalue weighted by molar-refractivity contribution is 6.17. The van der Waals surface area contributed by atoms with Gasteiger partial charge in [0.2, 0.25) is 0 Å². The van der Waals surface area contributed by atoms with Crippen molar-refractivity contribution in [2.45, 2.75) is 19.4 Å². The number of hydrogen-bond donors (Lipinski definition) is 2. The highest BCUT2D eigenvalue weighted by Gasteiger charge is 2.30. The van der Waals surface area contributed by atoms with Crippen molar-refractivity contribution in [2.24, 2.45) is 10.8 Å². The van der Waals surface area contributed by atoms with E-state index in [1.807, 2.05) is 103 Å². The monoisotopic (exact) mass is 729 g/mol. The van der Waals surface area contributed by atoms with Gasteiger partial charge < -0.3 is 20.5 Å². The van der Waals surface area contributed by atoms with Gasteiger partial charge >= 0.3 is 6.03 Å². The Morgan fingerprint density at radius 2 is 1.51 bits per heavy atom. The highest BCUT2D eigenvalue weighted by Crippen LogP contribution is 2.31. The van der Waals surface area contributed by atoms with E-state index >= 15 is 0 Å². The molecular weight excluding hydrogens is 686 g/mol. The Kier molecular flexibility index (Phi) is 13.8. The number of halogens is 1. The summed E-state index contributed by atoms with van der Waals surface area (Å²) in [6.07, 6.45) is 5.30. The molecule has 1 heterocycles. The molecule has 0 fully saturated rings. The van der Waals surface area contributed by atoms with Gasteiger partial charge in [-0.2, -0.15) is 5.10 Å². The van der Waals surface area contributed by atoms with Gasteiger partial charge in [-0.3, -0.25) is 9.69 Å². The van der Waals surface area contributed by atoms with Crippen molar-refractivity contribution >= 4 is 41.8 Å². The molecule has 53 heavy (non-hydrogen) atoms. The first kappa shape index (κ1) is 38.3. The third-order valence-corrected chi connectivity index (χ3v) is 8.68. The van der Waals surface area contributed by atoms with Crippen molar-refractivity contribution in [3.8, 4) is 22.6 Å². The second-order valence-electron chi connectivity index (χ2n) is 12.3. The minimum atomic E-state index is -0.285. The van der Waals surface area contributed by atoms with Gasteiger partial charge in [0.1, 0.15) is 18.1 Å². The summed E-state index contributed by atoms with van der Waals surface area (Å²) in [6, 6.07) is 40.7. The zero-order chi connectivity index (χ0) is 36.1. The maximum Gasteiger partial charge on any atom is 0.345 e. The number of ether oxygens (including phenoxy) is 2. The number of para-hydroxylation sites is 1. The van der Waals surface area contributed by atoms with Crippen LogP contribution in [0.1, 0.15) is 39.9 Å². The van der Waals surface area contributed by atoms with Crippen molar-refractivity contribution in [3.63, 3.8) is 0 Å². The number of nitrogens with two attached hydrogens (primary N) is 1. The molecule has 3 amide bonds. The molecule has 0 radical (unpaired) electrons. The van der Waals surface area contributed by atoms with Crippen LogP contribution in [0.25, 0.3) is 17.2 Å². The van der Waals surface area contributed by atoms with Crippen LogP contribution in [0.15, 0.2) is 139 Å². The van der Waals surface area contributed by atoms with Crippen LogP contribution in [-0.4, -0.2) is 56.0 Å². The first-order valence-corrected chi connectivity index (χ1v) is 17.5. The quantitative estimate of drug-likeness (QED) is 0.106. The van der Waals surface area contributed by atoms with E-state index in [0.717, 1.165) is 45.7 Å². The van der Waals surface area contributed by atoms with E-state index < -0.39 is 0 Å². The summed E-state index contributed by atoms with van der Waals surface area (Å²) in [7, 11) is 1.63. The van der Waals surface area contributed by atoms with E-state index in [1.165, 1.54) is 5.01 Å². The Bertz CT molecular complexity index is 2000. The number of benzene rings is 5. The number of hydrazone groups is 1. The van der Waals surface area contributed by atoms with E-state index in [1.54, 1.807) is 24.1 Å². The molecule has 0 aromatic heterocycles. The molecule has 0 unspecified atom stereocenters. The Balaban J connectivity index is 0.00000541. The number of carbonyl (C=O) groups excluding carboxylic acids is 2. The van der Waals surface area contributed by atoms with Crippen LogP contribution in [0.4, 0.5) is 10.5 Å². The number of carbonyl (C=O) groups is 2. The van der Waals surface area contributed by atoms with Gasteiger partial charge in [0.15, 0.2) is 0 Å². The number of urea groups is 1. The molecule has 0 aliphatic carbocycles. The number of rotatable bonds is 15. The number of hydrogen-bond acceptors (Lipinski definition) is 6. The molecule has 6 rings (SSSR count). The van der Waals surface area contributed by atoms with Gasteiger partial charge in [-0.05, 0) is 90.2 Å². The summed E-state index contributed by atoms with van der Waals surface area (Å²) in [4.78, 5) is 29.7. The topological polar surface area (TPSA) is 109 Å². The molecule has 0 saturated heterocycles. The summed E-state index contributed by atoms with van der Waals surface area (Å²) in [5, 5.41) is 9.39. The van der Waals surface area contributed by atoms with Gasteiger partial charge in [0.25, 0.3) is 5.91 Å². The predicted octanol–water partition coefficient (Wildman–Crippen LogP) is 8.19. The third kappa shape index (κ3) is 10.1. The number of unbranched alkanes of at least 4 members (excludes halogenated alkanes) is 1. The first-order chi connectivity index (χ1) is 25.5. The molecule has 5 aromatic carbocycles. The fraction of sp³-hybridized carbons (Fsp3) is 0.186. The average molecular weight is 730 g/mol. The van der Waals surface area contributed by atoms with Crippen molar-refractivity contribution in [3.05, 3.63) is 156 Å². The summed E-state index contributed by atoms with van der Waals surface area (Å²) in [5.41, 5.74) is 12.2. The summed E-state index contributed by atoms with van der Waals surface area (Å²) >= 11 is 0. The molecule has 0 bridgehead atoms.